The first-order valence-corrected chi connectivity index (χ1v) is 9.53. The Labute approximate surface area is 164 Å². The minimum absolute atomic E-state index is 0.561. The lowest BCUT2D eigenvalue weighted by Crippen LogP contribution is -2.02. The van der Waals surface area contributed by atoms with E-state index in [4.69, 9.17) is 19.4 Å². The van der Waals surface area contributed by atoms with Crippen molar-refractivity contribution in [3.63, 3.8) is 0 Å². The quantitative estimate of drug-likeness (QED) is 0.433. The van der Waals surface area contributed by atoms with Crippen LogP contribution in [0, 0.1) is 0 Å². The van der Waals surface area contributed by atoms with E-state index in [1.165, 1.54) is 0 Å². The molecule has 4 rings (SSSR count). The van der Waals surface area contributed by atoms with Crippen molar-refractivity contribution in [2.45, 2.75) is 13.8 Å². The number of hydrogen-bond acceptors (Lipinski definition) is 4. The van der Waals surface area contributed by atoms with Gasteiger partial charge in [0.2, 0.25) is 0 Å². The van der Waals surface area contributed by atoms with Crippen LogP contribution in [0.1, 0.15) is 13.8 Å². The molecule has 0 aliphatic carbocycles. The van der Waals surface area contributed by atoms with Crippen LogP contribution in [0.2, 0.25) is 0 Å². The minimum atomic E-state index is 0.561. The normalized spacial score (nSPS) is 10.8. The second-order valence-electron chi connectivity index (χ2n) is 6.28. The van der Waals surface area contributed by atoms with Gasteiger partial charge in [0.25, 0.3) is 0 Å². The highest BCUT2D eigenvalue weighted by Gasteiger charge is 2.18. The third-order valence-electron chi connectivity index (χ3n) is 4.44. The van der Waals surface area contributed by atoms with Crippen molar-refractivity contribution in [2.75, 3.05) is 13.2 Å². The lowest BCUT2D eigenvalue weighted by Gasteiger charge is -2.15. The molecule has 4 aromatic rings. The van der Waals surface area contributed by atoms with Gasteiger partial charge in [-0.3, -0.25) is 0 Å². The van der Waals surface area contributed by atoms with E-state index in [-0.39, 0.29) is 0 Å². The zero-order valence-electron chi connectivity index (χ0n) is 16.1. The standard InChI is InChI=1S/C24H22N2O2/c1-3-27-19-15-16-20(28-4-2)24-23(19)25-21(17-11-7-5-8-12-17)22(26-24)18-13-9-6-10-14-18/h5-16H,3-4H2,1-2H3. The molecule has 0 radical (unpaired) electrons. The van der Waals surface area contributed by atoms with Crippen molar-refractivity contribution in [2.24, 2.45) is 0 Å². The summed E-state index contributed by atoms with van der Waals surface area (Å²) < 4.78 is 11.7. The van der Waals surface area contributed by atoms with E-state index in [2.05, 4.69) is 24.3 Å². The van der Waals surface area contributed by atoms with Gasteiger partial charge in [0.15, 0.2) is 0 Å². The van der Waals surface area contributed by atoms with Gasteiger partial charge in [-0.1, -0.05) is 60.7 Å². The van der Waals surface area contributed by atoms with Crippen molar-refractivity contribution in [1.29, 1.82) is 0 Å². The Balaban J connectivity index is 2.06. The summed E-state index contributed by atoms with van der Waals surface area (Å²) in [5.41, 5.74) is 5.11. The topological polar surface area (TPSA) is 44.2 Å². The molecule has 0 bridgehead atoms. The van der Waals surface area contributed by atoms with Gasteiger partial charge >= 0.3 is 0 Å². The number of fused-ring (bicyclic) bond motifs is 1. The predicted molar refractivity (Wildman–Crippen MR) is 113 cm³/mol. The average Bonchev–Trinajstić information content (AvgIpc) is 2.76. The summed E-state index contributed by atoms with van der Waals surface area (Å²) in [6.45, 7) is 5.05. The zero-order valence-corrected chi connectivity index (χ0v) is 16.1. The van der Waals surface area contributed by atoms with Crippen molar-refractivity contribution >= 4 is 11.0 Å². The monoisotopic (exact) mass is 370 g/mol. The first-order chi connectivity index (χ1) is 13.8. The number of aromatic nitrogens is 2. The molecule has 0 N–H and O–H groups in total. The SMILES string of the molecule is CCOc1ccc(OCC)c2nc(-c3ccccc3)c(-c3ccccc3)nc12. The van der Waals surface area contributed by atoms with Crippen molar-refractivity contribution in [3.8, 4) is 34.0 Å². The van der Waals surface area contributed by atoms with Gasteiger partial charge in [0.1, 0.15) is 22.5 Å². The van der Waals surface area contributed by atoms with E-state index in [1.807, 2.05) is 62.4 Å². The van der Waals surface area contributed by atoms with Gasteiger partial charge in [0.05, 0.1) is 24.6 Å². The molecule has 0 fully saturated rings. The van der Waals surface area contributed by atoms with E-state index in [0.717, 1.165) is 22.5 Å². The van der Waals surface area contributed by atoms with Crippen LogP contribution >= 0.6 is 0 Å². The van der Waals surface area contributed by atoms with Gasteiger partial charge in [-0.05, 0) is 26.0 Å². The van der Waals surface area contributed by atoms with Gasteiger partial charge in [0, 0.05) is 11.1 Å². The molecule has 0 saturated carbocycles. The molecule has 3 aromatic carbocycles. The molecule has 0 aliphatic rings. The van der Waals surface area contributed by atoms with Crippen LogP contribution in [0.15, 0.2) is 72.8 Å². The van der Waals surface area contributed by atoms with Crippen LogP contribution in [0.25, 0.3) is 33.5 Å². The van der Waals surface area contributed by atoms with Crippen LogP contribution < -0.4 is 9.47 Å². The molecule has 0 atom stereocenters. The summed E-state index contributed by atoms with van der Waals surface area (Å²) in [6.07, 6.45) is 0. The number of ether oxygens (including phenoxy) is 2. The first-order valence-electron chi connectivity index (χ1n) is 9.53. The molecule has 28 heavy (non-hydrogen) atoms. The van der Waals surface area contributed by atoms with Crippen LogP contribution in [-0.4, -0.2) is 23.2 Å². The fraction of sp³-hybridized carbons (Fsp3) is 0.167. The number of benzene rings is 3. The van der Waals surface area contributed by atoms with E-state index < -0.39 is 0 Å². The maximum Gasteiger partial charge on any atom is 0.147 e. The molecule has 0 aliphatic heterocycles. The maximum absolute atomic E-state index is 5.83. The second kappa shape index (κ2) is 8.09. The highest BCUT2D eigenvalue weighted by Crippen LogP contribution is 2.37. The van der Waals surface area contributed by atoms with Crippen LogP contribution in [-0.2, 0) is 0 Å². The Kier molecular flexibility index (Phi) is 5.20. The molecule has 4 heteroatoms. The number of nitrogens with zero attached hydrogens (tertiary/aromatic N) is 2. The van der Waals surface area contributed by atoms with E-state index in [0.29, 0.717) is 35.7 Å². The fourth-order valence-corrected chi connectivity index (χ4v) is 3.23. The molecular weight excluding hydrogens is 348 g/mol. The summed E-state index contributed by atoms with van der Waals surface area (Å²) in [5.74, 6) is 1.43. The lowest BCUT2D eigenvalue weighted by atomic mass is 10.0. The highest BCUT2D eigenvalue weighted by atomic mass is 16.5. The van der Waals surface area contributed by atoms with E-state index in [9.17, 15) is 0 Å². The predicted octanol–water partition coefficient (Wildman–Crippen LogP) is 5.76. The van der Waals surface area contributed by atoms with Crippen LogP contribution in [0.5, 0.6) is 11.5 Å². The smallest absolute Gasteiger partial charge is 0.147 e. The second-order valence-corrected chi connectivity index (χ2v) is 6.28. The van der Waals surface area contributed by atoms with Crippen molar-refractivity contribution in [3.05, 3.63) is 72.8 Å². The third-order valence-corrected chi connectivity index (χ3v) is 4.44. The van der Waals surface area contributed by atoms with Gasteiger partial charge in [-0.25, -0.2) is 9.97 Å². The van der Waals surface area contributed by atoms with Crippen molar-refractivity contribution < 1.29 is 9.47 Å². The Hall–Kier alpha value is -3.40. The Morgan fingerprint density at radius 3 is 1.32 bits per heavy atom. The number of rotatable bonds is 6. The van der Waals surface area contributed by atoms with Crippen LogP contribution in [0.4, 0.5) is 0 Å². The van der Waals surface area contributed by atoms with Crippen LogP contribution in [0.3, 0.4) is 0 Å². The fourth-order valence-electron chi connectivity index (χ4n) is 3.23. The summed E-state index contributed by atoms with van der Waals surface area (Å²) in [6, 6.07) is 24.1. The molecule has 0 unspecified atom stereocenters. The summed E-state index contributed by atoms with van der Waals surface area (Å²) in [4.78, 5) is 10.0. The van der Waals surface area contributed by atoms with Gasteiger partial charge in [-0.15, -0.1) is 0 Å². The molecule has 1 heterocycles. The average molecular weight is 370 g/mol. The zero-order chi connectivity index (χ0) is 19.3. The Morgan fingerprint density at radius 1 is 0.571 bits per heavy atom. The molecular formula is C24H22N2O2. The minimum Gasteiger partial charge on any atom is -0.492 e. The summed E-state index contributed by atoms with van der Waals surface area (Å²) in [5, 5.41) is 0. The third kappa shape index (κ3) is 3.41. The lowest BCUT2D eigenvalue weighted by molar-refractivity contribution is 0.335. The summed E-state index contributed by atoms with van der Waals surface area (Å²) in [7, 11) is 0. The molecule has 1 aromatic heterocycles. The molecule has 4 nitrogen and oxygen atoms in total. The van der Waals surface area contributed by atoms with Gasteiger partial charge < -0.3 is 9.47 Å². The van der Waals surface area contributed by atoms with E-state index in [1.54, 1.807) is 0 Å². The van der Waals surface area contributed by atoms with Crippen molar-refractivity contribution in [1.82, 2.24) is 9.97 Å². The van der Waals surface area contributed by atoms with Gasteiger partial charge in [-0.2, -0.15) is 0 Å². The Morgan fingerprint density at radius 2 is 0.964 bits per heavy atom. The highest BCUT2D eigenvalue weighted by molar-refractivity contribution is 5.92. The number of hydrogen-bond donors (Lipinski definition) is 0. The largest absolute Gasteiger partial charge is 0.492 e. The molecule has 0 amide bonds. The summed E-state index contributed by atoms with van der Waals surface area (Å²) >= 11 is 0. The maximum atomic E-state index is 5.83. The molecule has 0 spiro atoms. The first kappa shape index (κ1) is 18.0. The molecule has 0 saturated heterocycles. The van der Waals surface area contributed by atoms with E-state index >= 15 is 0 Å². The Bertz CT molecular complexity index is 992. The molecule has 140 valence electrons.